The number of aromatic nitrogens is 1. The number of rotatable bonds is 3. The van der Waals surface area contributed by atoms with Crippen LogP contribution in [-0.4, -0.2) is 16.1 Å². The predicted octanol–water partition coefficient (Wildman–Crippen LogP) is 4.79. The molecule has 1 aromatic carbocycles. The first-order valence-electron chi connectivity index (χ1n) is 5.51. The van der Waals surface area contributed by atoms with Gasteiger partial charge < -0.3 is 10.4 Å². The number of pyridine rings is 1. The van der Waals surface area contributed by atoms with Gasteiger partial charge in [-0.05, 0) is 30.7 Å². The Morgan fingerprint density at radius 3 is 2.60 bits per heavy atom. The molecule has 1 heterocycles. The Morgan fingerprint density at radius 1 is 1.25 bits per heavy atom. The summed E-state index contributed by atoms with van der Waals surface area (Å²) in [6, 6.07) is 6.08. The number of aromatic carboxylic acids is 1. The molecule has 0 fully saturated rings. The van der Waals surface area contributed by atoms with Crippen molar-refractivity contribution in [1.29, 1.82) is 0 Å². The van der Waals surface area contributed by atoms with Gasteiger partial charge >= 0.3 is 5.97 Å². The lowest BCUT2D eigenvalue weighted by Crippen LogP contribution is -2.01. The highest BCUT2D eigenvalue weighted by Gasteiger charge is 2.12. The monoisotopic (exact) mass is 330 g/mol. The second-order valence-electron chi connectivity index (χ2n) is 4.05. The molecule has 7 heteroatoms. The Hall–Kier alpha value is -1.49. The zero-order valence-electron chi connectivity index (χ0n) is 10.2. The lowest BCUT2D eigenvalue weighted by atomic mass is 10.2. The van der Waals surface area contributed by atoms with Crippen LogP contribution in [-0.2, 0) is 0 Å². The van der Waals surface area contributed by atoms with Gasteiger partial charge in [0.1, 0.15) is 11.0 Å². The molecule has 2 aromatic rings. The lowest BCUT2D eigenvalue weighted by Gasteiger charge is -2.12. The van der Waals surface area contributed by atoms with Crippen LogP contribution in [0.15, 0.2) is 24.3 Å². The van der Waals surface area contributed by atoms with Crippen molar-refractivity contribution in [1.82, 2.24) is 4.98 Å². The van der Waals surface area contributed by atoms with Gasteiger partial charge in [-0.3, -0.25) is 0 Å². The molecule has 0 aliphatic rings. The molecule has 2 rings (SSSR count). The Morgan fingerprint density at radius 2 is 1.95 bits per heavy atom. The van der Waals surface area contributed by atoms with E-state index in [1.165, 1.54) is 12.1 Å². The summed E-state index contributed by atoms with van der Waals surface area (Å²) >= 11 is 18.0. The van der Waals surface area contributed by atoms with Crippen LogP contribution in [0.4, 0.5) is 11.5 Å². The van der Waals surface area contributed by atoms with E-state index >= 15 is 0 Å². The van der Waals surface area contributed by atoms with E-state index in [1.54, 1.807) is 12.1 Å². The van der Waals surface area contributed by atoms with E-state index in [0.717, 1.165) is 5.56 Å². The summed E-state index contributed by atoms with van der Waals surface area (Å²) in [5, 5.41) is 12.8. The first kappa shape index (κ1) is 14.9. The van der Waals surface area contributed by atoms with Gasteiger partial charge in [-0.15, -0.1) is 0 Å². The van der Waals surface area contributed by atoms with Crippen molar-refractivity contribution >= 4 is 52.3 Å². The van der Waals surface area contributed by atoms with Gasteiger partial charge in [0, 0.05) is 0 Å². The summed E-state index contributed by atoms with van der Waals surface area (Å²) in [6.07, 6.45) is 0. The molecule has 0 atom stereocenters. The van der Waals surface area contributed by atoms with E-state index in [2.05, 4.69) is 10.3 Å². The second-order valence-corrected chi connectivity index (χ2v) is 5.22. The Balaban J connectivity index is 2.45. The van der Waals surface area contributed by atoms with Crippen LogP contribution in [0, 0.1) is 6.92 Å². The van der Waals surface area contributed by atoms with Gasteiger partial charge in [0.25, 0.3) is 0 Å². The highest BCUT2D eigenvalue weighted by Crippen LogP contribution is 2.35. The molecule has 1 aromatic heterocycles. The number of nitrogens with zero attached hydrogens (tertiary/aromatic N) is 1. The highest BCUT2D eigenvalue weighted by molar-refractivity contribution is 6.39. The van der Waals surface area contributed by atoms with Crippen LogP contribution in [0.25, 0.3) is 0 Å². The molecule has 0 saturated carbocycles. The maximum atomic E-state index is 11.0. The molecular weight excluding hydrogens is 323 g/mol. The minimum Gasteiger partial charge on any atom is -0.478 e. The summed E-state index contributed by atoms with van der Waals surface area (Å²) in [4.78, 5) is 15.0. The molecule has 20 heavy (non-hydrogen) atoms. The van der Waals surface area contributed by atoms with Gasteiger partial charge in [0.05, 0.1) is 21.3 Å². The minimum atomic E-state index is -1.10. The number of nitrogens with one attached hydrogen (secondary N) is 1. The number of carbonyl (C=O) groups is 1. The average Bonchev–Trinajstić information content (AvgIpc) is 2.38. The molecule has 0 spiro atoms. The molecule has 0 radical (unpaired) electrons. The molecule has 0 aliphatic carbocycles. The molecule has 104 valence electrons. The smallest absolute Gasteiger partial charge is 0.335 e. The fourth-order valence-corrected chi connectivity index (χ4v) is 2.26. The molecule has 4 nitrogen and oxygen atoms in total. The Labute approximate surface area is 130 Å². The molecule has 0 unspecified atom stereocenters. The largest absolute Gasteiger partial charge is 0.478 e. The van der Waals surface area contributed by atoms with Crippen LogP contribution in [0.3, 0.4) is 0 Å². The van der Waals surface area contributed by atoms with Crippen LogP contribution >= 0.6 is 34.8 Å². The minimum absolute atomic E-state index is 0.0207. The molecular formula is C13H9Cl3N2O2. The number of halogens is 3. The fourth-order valence-electron chi connectivity index (χ4n) is 1.58. The SMILES string of the molecule is Cc1ccc(Cl)c(Nc2cc(C(=O)O)cc(Cl)n2)c1Cl. The van der Waals surface area contributed by atoms with E-state index in [-0.39, 0.29) is 16.5 Å². The van der Waals surface area contributed by atoms with Crippen molar-refractivity contribution < 1.29 is 9.90 Å². The number of aryl methyl sites for hydroxylation is 1. The standard InChI is InChI=1S/C13H9Cl3N2O2/c1-6-2-3-8(14)12(11(6)16)18-10-5-7(13(19)20)4-9(15)17-10/h2-5H,1H3,(H,17,18)(H,19,20). The third-order valence-corrected chi connectivity index (χ3v) is 3.57. The normalized spacial score (nSPS) is 10.4. The van der Waals surface area contributed by atoms with Crippen molar-refractivity contribution in [2.75, 3.05) is 5.32 Å². The fraction of sp³-hybridized carbons (Fsp3) is 0.0769. The van der Waals surface area contributed by atoms with Crippen molar-refractivity contribution in [2.45, 2.75) is 6.92 Å². The zero-order valence-corrected chi connectivity index (χ0v) is 12.5. The summed E-state index contributed by atoms with van der Waals surface area (Å²) in [7, 11) is 0. The first-order chi connectivity index (χ1) is 9.38. The van der Waals surface area contributed by atoms with Crippen molar-refractivity contribution in [3.8, 4) is 0 Å². The van der Waals surface area contributed by atoms with Gasteiger partial charge in [-0.25, -0.2) is 9.78 Å². The van der Waals surface area contributed by atoms with Gasteiger partial charge in [-0.2, -0.15) is 0 Å². The molecule has 2 N–H and O–H groups in total. The summed E-state index contributed by atoms with van der Waals surface area (Å²) in [6.45, 7) is 1.83. The van der Waals surface area contributed by atoms with Gasteiger partial charge in [0.2, 0.25) is 0 Å². The third-order valence-electron chi connectivity index (χ3n) is 2.58. The summed E-state index contributed by atoms with van der Waals surface area (Å²) < 4.78 is 0. The highest BCUT2D eigenvalue weighted by atomic mass is 35.5. The van der Waals surface area contributed by atoms with E-state index in [9.17, 15) is 4.79 Å². The third kappa shape index (κ3) is 3.15. The number of benzene rings is 1. The van der Waals surface area contributed by atoms with E-state index < -0.39 is 5.97 Å². The van der Waals surface area contributed by atoms with Crippen molar-refractivity contribution in [3.63, 3.8) is 0 Å². The number of hydrogen-bond acceptors (Lipinski definition) is 3. The summed E-state index contributed by atoms with van der Waals surface area (Å²) in [5.41, 5.74) is 1.31. The molecule has 0 aliphatic heterocycles. The first-order valence-corrected chi connectivity index (χ1v) is 6.64. The second kappa shape index (κ2) is 5.87. The Kier molecular flexibility index (Phi) is 4.38. The van der Waals surface area contributed by atoms with Crippen molar-refractivity contribution in [3.05, 3.63) is 50.6 Å². The number of anilines is 2. The van der Waals surface area contributed by atoms with Gasteiger partial charge in [0.15, 0.2) is 0 Å². The number of hydrogen-bond donors (Lipinski definition) is 2. The van der Waals surface area contributed by atoms with Crippen molar-refractivity contribution in [2.24, 2.45) is 0 Å². The van der Waals surface area contributed by atoms with Gasteiger partial charge in [-0.1, -0.05) is 40.9 Å². The zero-order chi connectivity index (χ0) is 14.9. The van der Waals surface area contributed by atoms with Crippen LogP contribution in [0.1, 0.15) is 15.9 Å². The molecule has 0 bridgehead atoms. The molecule has 0 saturated heterocycles. The lowest BCUT2D eigenvalue weighted by molar-refractivity contribution is 0.0697. The summed E-state index contributed by atoms with van der Waals surface area (Å²) in [5.74, 6) is -0.844. The molecule has 0 amide bonds. The Bertz CT molecular complexity index is 690. The maximum Gasteiger partial charge on any atom is 0.335 e. The van der Waals surface area contributed by atoms with Crippen LogP contribution in [0.5, 0.6) is 0 Å². The quantitative estimate of drug-likeness (QED) is 0.794. The van der Waals surface area contributed by atoms with E-state index in [4.69, 9.17) is 39.9 Å². The average molecular weight is 332 g/mol. The van der Waals surface area contributed by atoms with E-state index in [0.29, 0.717) is 15.7 Å². The van der Waals surface area contributed by atoms with E-state index in [1.807, 2.05) is 6.92 Å². The number of carboxylic acids is 1. The number of carboxylic acid groups (broad SMARTS) is 1. The van der Waals surface area contributed by atoms with Crippen LogP contribution in [0.2, 0.25) is 15.2 Å². The topological polar surface area (TPSA) is 62.2 Å². The predicted molar refractivity (Wildman–Crippen MR) is 80.7 cm³/mol. The maximum absolute atomic E-state index is 11.0. The van der Waals surface area contributed by atoms with Crippen LogP contribution < -0.4 is 5.32 Å².